The van der Waals surface area contributed by atoms with Gasteiger partial charge in [-0.05, 0) is 48.9 Å². The Kier molecular flexibility index (Phi) is 3.01. The molecule has 1 aromatic carbocycles. The van der Waals surface area contributed by atoms with Gasteiger partial charge in [0.05, 0.1) is 5.02 Å². The molecule has 0 saturated carbocycles. The SMILES string of the molecule is Cc1ccn2[c]c(-c3ccc(-c4ccccc4Cl)o3)nc2c1. The van der Waals surface area contributed by atoms with Gasteiger partial charge >= 0.3 is 0 Å². The van der Waals surface area contributed by atoms with E-state index in [-0.39, 0.29) is 0 Å². The predicted octanol–water partition coefficient (Wildman–Crippen LogP) is 5.02. The topological polar surface area (TPSA) is 30.4 Å². The second kappa shape index (κ2) is 5.04. The van der Waals surface area contributed by atoms with Crippen LogP contribution in [0.15, 0.2) is 59.1 Å². The molecule has 0 spiro atoms. The molecule has 107 valence electrons. The number of aryl methyl sites for hydroxylation is 1. The van der Waals surface area contributed by atoms with Crippen LogP contribution in [0.4, 0.5) is 0 Å². The molecule has 4 heteroatoms. The van der Waals surface area contributed by atoms with Gasteiger partial charge in [-0.2, -0.15) is 0 Å². The summed E-state index contributed by atoms with van der Waals surface area (Å²) in [5, 5.41) is 0.665. The fourth-order valence-electron chi connectivity index (χ4n) is 2.41. The van der Waals surface area contributed by atoms with Crippen molar-refractivity contribution in [2.45, 2.75) is 6.92 Å². The van der Waals surface area contributed by atoms with Gasteiger partial charge in [-0.1, -0.05) is 23.7 Å². The van der Waals surface area contributed by atoms with Crippen LogP contribution in [-0.4, -0.2) is 9.38 Å². The van der Waals surface area contributed by atoms with Crippen LogP contribution < -0.4 is 0 Å². The molecule has 0 fully saturated rings. The fourth-order valence-corrected chi connectivity index (χ4v) is 2.63. The fraction of sp³-hybridized carbons (Fsp3) is 0.0556. The lowest BCUT2D eigenvalue weighted by atomic mass is 10.2. The molecule has 3 nitrogen and oxygen atoms in total. The minimum atomic E-state index is 0.665. The van der Waals surface area contributed by atoms with Crippen LogP contribution in [0, 0.1) is 13.1 Å². The highest BCUT2D eigenvalue weighted by Crippen LogP contribution is 2.32. The Morgan fingerprint density at radius 3 is 2.77 bits per heavy atom. The highest BCUT2D eigenvalue weighted by Gasteiger charge is 2.12. The van der Waals surface area contributed by atoms with Crippen molar-refractivity contribution in [1.82, 2.24) is 9.38 Å². The number of rotatable bonds is 2. The van der Waals surface area contributed by atoms with Crippen molar-refractivity contribution < 1.29 is 4.42 Å². The summed E-state index contributed by atoms with van der Waals surface area (Å²) in [7, 11) is 0. The molecule has 0 N–H and O–H groups in total. The summed E-state index contributed by atoms with van der Waals surface area (Å²) < 4.78 is 7.77. The summed E-state index contributed by atoms with van der Waals surface area (Å²) in [5.74, 6) is 1.40. The largest absolute Gasteiger partial charge is 0.454 e. The Bertz CT molecular complexity index is 968. The third-order valence-corrected chi connectivity index (χ3v) is 3.85. The van der Waals surface area contributed by atoms with Crippen molar-refractivity contribution in [2.24, 2.45) is 0 Å². The van der Waals surface area contributed by atoms with E-state index in [1.54, 1.807) is 0 Å². The zero-order chi connectivity index (χ0) is 15.1. The maximum Gasteiger partial charge on any atom is 0.155 e. The summed E-state index contributed by atoms with van der Waals surface area (Å²) >= 11 is 6.21. The molecule has 3 aromatic heterocycles. The van der Waals surface area contributed by atoms with Gasteiger partial charge in [-0.3, -0.25) is 4.40 Å². The number of halogens is 1. The maximum absolute atomic E-state index is 6.21. The second-order valence-corrected chi connectivity index (χ2v) is 5.56. The summed E-state index contributed by atoms with van der Waals surface area (Å²) in [4.78, 5) is 4.55. The lowest BCUT2D eigenvalue weighted by molar-refractivity contribution is 0.595. The average molecular weight is 308 g/mol. The van der Waals surface area contributed by atoms with Crippen LogP contribution >= 0.6 is 11.6 Å². The van der Waals surface area contributed by atoms with Crippen LogP contribution in [-0.2, 0) is 0 Å². The molecule has 0 aliphatic heterocycles. The van der Waals surface area contributed by atoms with E-state index in [0.717, 1.165) is 22.5 Å². The van der Waals surface area contributed by atoms with Crippen molar-refractivity contribution in [1.29, 1.82) is 0 Å². The number of aromatic nitrogens is 2. The summed E-state index contributed by atoms with van der Waals surface area (Å²) in [5.41, 5.74) is 3.57. The minimum Gasteiger partial charge on any atom is -0.454 e. The summed E-state index contributed by atoms with van der Waals surface area (Å²) in [6, 6.07) is 15.4. The first kappa shape index (κ1) is 13.2. The summed E-state index contributed by atoms with van der Waals surface area (Å²) in [6.07, 6.45) is 5.14. The van der Waals surface area contributed by atoms with Gasteiger partial charge in [0.2, 0.25) is 0 Å². The number of nitrogens with zero attached hydrogens (tertiary/aromatic N) is 2. The normalized spacial score (nSPS) is 11.2. The first-order valence-electron chi connectivity index (χ1n) is 6.94. The molecular weight excluding hydrogens is 296 g/mol. The number of hydrogen-bond donors (Lipinski definition) is 0. The van der Waals surface area contributed by atoms with Gasteiger partial charge in [-0.15, -0.1) is 0 Å². The molecule has 1 radical (unpaired) electrons. The predicted molar refractivity (Wildman–Crippen MR) is 86.9 cm³/mol. The van der Waals surface area contributed by atoms with Crippen LogP contribution in [0.1, 0.15) is 5.56 Å². The summed E-state index contributed by atoms with van der Waals surface area (Å²) in [6.45, 7) is 2.04. The van der Waals surface area contributed by atoms with E-state index in [2.05, 4.69) is 11.2 Å². The van der Waals surface area contributed by atoms with Crippen LogP contribution in [0.2, 0.25) is 5.02 Å². The molecule has 0 aliphatic carbocycles. The van der Waals surface area contributed by atoms with E-state index in [4.69, 9.17) is 16.0 Å². The quantitative estimate of drug-likeness (QED) is 0.520. The van der Waals surface area contributed by atoms with Crippen LogP contribution in [0.5, 0.6) is 0 Å². The minimum absolute atomic E-state index is 0.665. The van der Waals surface area contributed by atoms with Crippen molar-refractivity contribution in [3.05, 3.63) is 71.5 Å². The van der Waals surface area contributed by atoms with E-state index >= 15 is 0 Å². The highest BCUT2D eigenvalue weighted by atomic mass is 35.5. The van der Waals surface area contributed by atoms with E-state index in [1.165, 1.54) is 0 Å². The molecule has 0 unspecified atom stereocenters. The van der Waals surface area contributed by atoms with Gasteiger partial charge < -0.3 is 4.42 Å². The number of pyridine rings is 1. The average Bonchev–Trinajstić information content (AvgIpc) is 3.13. The zero-order valence-corrected chi connectivity index (χ0v) is 12.6. The first-order valence-corrected chi connectivity index (χ1v) is 7.32. The number of imidazole rings is 1. The van der Waals surface area contributed by atoms with Crippen molar-refractivity contribution in [3.8, 4) is 22.8 Å². The van der Waals surface area contributed by atoms with E-state index in [9.17, 15) is 0 Å². The monoisotopic (exact) mass is 307 g/mol. The van der Waals surface area contributed by atoms with E-state index < -0.39 is 0 Å². The molecule has 4 rings (SSSR count). The smallest absolute Gasteiger partial charge is 0.155 e. The van der Waals surface area contributed by atoms with Crippen molar-refractivity contribution in [3.63, 3.8) is 0 Å². The van der Waals surface area contributed by atoms with Gasteiger partial charge in [0, 0.05) is 11.8 Å². The van der Waals surface area contributed by atoms with Gasteiger partial charge in [-0.25, -0.2) is 4.98 Å². The number of benzene rings is 1. The number of fused-ring (bicyclic) bond motifs is 1. The Hall–Kier alpha value is -2.52. The third kappa shape index (κ3) is 2.20. The Balaban J connectivity index is 1.78. The van der Waals surface area contributed by atoms with Gasteiger partial charge in [0.25, 0.3) is 0 Å². The second-order valence-electron chi connectivity index (χ2n) is 5.15. The van der Waals surface area contributed by atoms with Gasteiger partial charge in [0.15, 0.2) is 5.76 Å². The number of hydrogen-bond acceptors (Lipinski definition) is 2. The third-order valence-electron chi connectivity index (χ3n) is 3.52. The molecule has 3 heterocycles. The maximum atomic E-state index is 6.21. The highest BCUT2D eigenvalue weighted by molar-refractivity contribution is 6.33. The Morgan fingerprint density at radius 1 is 1.09 bits per heavy atom. The van der Waals surface area contributed by atoms with Crippen LogP contribution in [0.3, 0.4) is 0 Å². The lowest BCUT2D eigenvalue weighted by Crippen LogP contribution is -1.82. The lowest BCUT2D eigenvalue weighted by Gasteiger charge is -1.99. The van der Waals surface area contributed by atoms with Crippen molar-refractivity contribution in [2.75, 3.05) is 0 Å². The molecule has 0 bridgehead atoms. The van der Waals surface area contributed by atoms with Gasteiger partial charge in [0.1, 0.15) is 23.3 Å². The van der Waals surface area contributed by atoms with E-state index in [0.29, 0.717) is 16.5 Å². The molecule has 22 heavy (non-hydrogen) atoms. The number of furan rings is 1. The molecular formula is C18H12ClN2O. The van der Waals surface area contributed by atoms with Crippen LogP contribution in [0.25, 0.3) is 28.4 Å². The zero-order valence-electron chi connectivity index (χ0n) is 11.9. The molecule has 0 atom stereocenters. The standard InChI is InChI=1S/C18H12ClN2O/c1-12-8-9-21-11-15(20-18(21)10-12)17-7-6-16(22-17)13-4-2-3-5-14(13)19/h2-10H,1H3. The Morgan fingerprint density at radius 2 is 1.91 bits per heavy atom. The van der Waals surface area contributed by atoms with E-state index in [1.807, 2.05) is 66.1 Å². The molecule has 0 amide bonds. The van der Waals surface area contributed by atoms with Crippen molar-refractivity contribution >= 4 is 17.2 Å². The molecule has 0 aliphatic rings. The molecule has 0 saturated heterocycles. The molecule has 4 aromatic rings. The Labute approximate surface area is 132 Å². The first-order chi connectivity index (χ1) is 10.7.